The first-order chi connectivity index (χ1) is 16.0. The van der Waals surface area contributed by atoms with E-state index in [1.54, 1.807) is 11.4 Å². The van der Waals surface area contributed by atoms with Gasteiger partial charge in [-0.05, 0) is 25.1 Å². The Morgan fingerprint density at radius 3 is 2.45 bits per heavy atom. The van der Waals surface area contributed by atoms with Crippen LogP contribution in [0.15, 0.2) is 54.6 Å². The molecule has 1 aliphatic rings. The predicted molar refractivity (Wildman–Crippen MR) is 124 cm³/mol. The monoisotopic (exact) mass is 449 g/mol. The van der Waals surface area contributed by atoms with Gasteiger partial charge in [-0.3, -0.25) is 4.90 Å². The van der Waals surface area contributed by atoms with E-state index in [4.69, 9.17) is 10.1 Å². The van der Waals surface area contributed by atoms with Gasteiger partial charge in [0.2, 0.25) is 0 Å². The summed E-state index contributed by atoms with van der Waals surface area (Å²) in [7, 11) is 0. The molecule has 5 rings (SSSR count). The van der Waals surface area contributed by atoms with Gasteiger partial charge in [0.25, 0.3) is 0 Å². The van der Waals surface area contributed by atoms with E-state index in [0.717, 1.165) is 55.4 Å². The summed E-state index contributed by atoms with van der Waals surface area (Å²) in [4.78, 5) is 9.30. The second kappa shape index (κ2) is 8.88. The largest absolute Gasteiger partial charge is 0.395 e. The Morgan fingerprint density at radius 2 is 1.73 bits per heavy atom. The fourth-order valence-electron chi connectivity index (χ4n) is 4.44. The maximum absolute atomic E-state index is 14.8. The van der Waals surface area contributed by atoms with Gasteiger partial charge in [0, 0.05) is 49.9 Å². The molecule has 3 heterocycles. The highest BCUT2D eigenvalue weighted by Crippen LogP contribution is 2.34. The fraction of sp³-hybridized carbons (Fsp3) is 0.280. The van der Waals surface area contributed by atoms with E-state index in [1.165, 1.54) is 6.07 Å². The maximum atomic E-state index is 14.8. The van der Waals surface area contributed by atoms with Crippen LogP contribution in [0.25, 0.3) is 28.0 Å². The second-order valence-electron chi connectivity index (χ2n) is 8.24. The van der Waals surface area contributed by atoms with Gasteiger partial charge in [0.15, 0.2) is 5.65 Å². The molecule has 1 aliphatic heterocycles. The molecule has 6 nitrogen and oxygen atoms in total. The zero-order valence-corrected chi connectivity index (χ0v) is 18.4. The first kappa shape index (κ1) is 21.5. The SMILES string of the molecule is Cc1nn2c(N3CCN(CCO)CC3)cc(-c3ccccc3)nc2c1-c1cc(F)ccc1F. The standard InChI is InChI=1S/C25H25F2N5O/c1-17-24(20-15-19(26)7-8-21(20)27)25-28-22(18-5-3-2-4-6-18)16-23(32(25)29-17)31-11-9-30(10-12-31)13-14-33/h2-8,15-16,33H,9-14H2,1H3. The number of rotatable bonds is 5. The third-order valence-corrected chi connectivity index (χ3v) is 6.13. The lowest BCUT2D eigenvalue weighted by atomic mass is 10.0. The molecule has 0 saturated carbocycles. The van der Waals surface area contributed by atoms with Crippen molar-refractivity contribution >= 4 is 11.5 Å². The van der Waals surface area contributed by atoms with Gasteiger partial charge in [-0.2, -0.15) is 9.61 Å². The fourth-order valence-corrected chi connectivity index (χ4v) is 4.44. The Morgan fingerprint density at radius 1 is 0.970 bits per heavy atom. The number of fused-ring (bicyclic) bond motifs is 1. The molecule has 0 bridgehead atoms. The highest BCUT2D eigenvalue weighted by atomic mass is 19.1. The molecule has 0 aliphatic carbocycles. The molecule has 1 N–H and O–H groups in total. The molecular formula is C25H25F2N5O. The maximum Gasteiger partial charge on any atom is 0.166 e. The van der Waals surface area contributed by atoms with Crippen molar-refractivity contribution in [2.24, 2.45) is 0 Å². The van der Waals surface area contributed by atoms with E-state index in [9.17, 15) is 13.9 Å². The van der Waals surface area contributed by atoms with Crippen molar-refractivity contribution < 1.29 is 13.9 Å². The van der Waals surface area contributed by atoms with Crippen LogP contribution in [-0.2, 0) is 0 Å². The zero-order chi connectivity index (χ0) is 22.9. The zero-order valence-electron chi connectivity index (χ0n) is 18.4. The molecule has 0 radical (unpaired) electrons. The number of aromatic nitrogens is 3. The van der Waals surface area contributed by atoms with Gasteiger partial charge in [0.05, 0.1) is 23.6 Å². The lowest BCUT2D eigenvalue weighted by Gasteiger charge is -2.35. The Bertz CT molecular complexity index is 1280. The van der Waals surface area contributed by atoms with E-state index in [1.807, 2.05) is 36.4 Å². The first-order valence-corrected chi connectivity index (χ1v) is 11.0. The Labute approximate surface area is 190 Å². The lowest BCUT2D eigenvalue weighted by Crippen LogP contribution is -2.47. The summed E-state index contributed by atoms with van der Waals surface area (Å²) >= 11 is 0. The molecule has 33 heavy (non-hydrogen) atoms. The third kappa shape index (κ3) is 4.07. The molecule has 1 fully saturated rings. The van der Waals surface area contributed by atoms with Crippen LogP contribution in [0.2, 0.25) is 0 Å². The Balaban J connectivity index is 1.69. The van der Waals surface area contributed by atoms with Crippen molar-refractivity contribution in [2.45, 2.75) is 6.92 Å². The first-order valence-electron chi connectivity index (χ1n) is 11.0. The van der Waals surface area contributed by atoms with Crippen LogP contribution in [0, 0.1) is 18.6 Å². The minimum atomic E-state index is -0.513. The van der Waals surface area contributed by atoms with Crippen LogP contribution in [0.4, 0.5) is 14.6 Å². The molecule has 8 heteroatoms. The summed E-state index contributed by atoms with van der Waals surface area (Å²) in [5.74, 6) is -0.168. The van der Waals surface area contributed by atoms with Crippen molar-refractivity contribution in [3.8, 4) is 22.4 Å². The third-order valence-electron chi connectivity index (χ3n) is 6.13. The summed E-state index contributed by atoms with van der Waals surface area (Å²) < 4.78 is 30.5. The van der Waals surface area contributed by atoms with Gasteiger partial charge >= 0.3 is 0 Å². The molecule has 4 aromatic rings. The van der Waals surface area contributed by atoms with Crippen LogP contribution in [0.5, 0.6) is 0 Å². The van der Waals surface area contributed by atoms with Crippen LogP contribution in [0.1, 0.15) is 5.69 Å². The topological polar surface area (TPSA) is 56.9 Å². The lowest BCUT2D eigenvalue weighted by molar-refractivity contribution is 0.188. The number of β-amino-alcohol motifs (C(OH)–C–C–N with tert-alkyl or cyclic N) is 1. The average molecular weight is 450 g/mol. The van der Waals surface area contributed by atoms with Crippen molar-refractivity contribution in [2.75, 3.05) is 44.2 Å². The van der Waals surface area contributed by atoms with Crippen LogP contribution < -0.4 is 4.90 Å². The van der Waals surface area contributed by atoms with Gasteiger partial charge in [-0.15, -0.1) is 0 Å². The van der Waals surface area contributed by atoms with Gasteiger partial charge < -0.3 is 10.0 Å². The number of hydrogen-bond donors (Lipinski definition) is 1. The molecule has 0 unspecified atom stereocenters. The number of aliphatic hydroxyl groups excluding tert-OH is 1. The van der Waals surface area contributed by atoms with Gasteiger partial charge in [-0.25, -0.2) is 13.8 Å². The molecular weight excluding hydrogens is 424 g/mol. The summed E-state index contributed by atoms with van der Waals surface area (Å²) in [6, 6.07) is 15.2. The van der Waals surface area contributed by atoms with E-state index < -0.39 is 11.6 Å². The number of piperazine rings is 1. The minimum absolute atomic E-state index is 0.137. The number of anilines is 1. The second-order valence-corrected chi connectivity index (χ2v) is 8.24. The molecule has 0 amide bonds. The van der Waals surface area contributed by atoms with E-state index in [-0.39, 0.29) is 12.2 Å². The van der Waals surface area contributed by atoms with Crippen LogP contribution >= 0.6 is 0 Å². The summed E-state index contributed by atoms with van der Waals surface area (Å²) in [6.07, 6.45) is 0. The van der Waals surface area contributed by atoms with E-state index in [2.05, 4.69) is 9.80 Å². The highest BCUT2D eigenvalue weighted by molar-refractivity contribution is 5.83. The van der Waals surface area contributed by atoms with Gasteiger partial charge in [0.1, 0.15) is 17.5 Å². The predicted octanol–water partition coefficient (Wildman–Crippen LogP) is 3.76. The molecule has 0 spiro atoms. The quantitative estimate of drug-likeness (QED) is 0.503. The van der Waals surface area contributed by atoms with Crippen molar-refractivity contribution in [3.63, 3.8) is 0 Å². The van der Waals surface area contributed by atoms with Crippen molar-refractivity contribution in [1.29, 1.82) is 0 Å². The highest BCUT2D eigenvalue weighted by Gasteiger charge is 2.24. The molecule has 2 aromatic heterocycles. The van der Waals surface area contributed by atoms with Crippen molar-refractivity contribution in [1.82, 2.24) is 19.5 Å². The summed E-state index contributed by atoms with van der Waals surface area (Å²) in [5, 5.41) is 13.9. The van der Waals surface area contributed by atoms with Gasteiger partial charge in [-0.1, -0.05) is 30.3 Å². The Hall–Kier alpha value is -3.36. The van der Waals surface area contributed by atoms with E-state index >= 15 is 0 Å². The number of benzene rings is 2. The van der Waals surface area contributed by atoms with E-state index in [0.29, 0.717) is 23.4 Å². The molecule has 2 aromatic carbocycles. The number of aliphatic hydroxyl groups is 1. The Kier molecular flexibility index (Phi) is 5.78. The smallest absolute Gasteiger partial charge is 0.166 e. The number of nitrogens with zero attached hydrogens (tertiary/aromatic N) is 5. The number of hydrogen-bond acceptors (Lipinski definition) is 5. The molecule has 170 valence electrons. The summed E-state index contributed by atoms with van der Waals surface area (Å²) in [5.41, 5.74) is 3.39. The average Bonchev–Trinajstić information content (AvgIpc) is 3.17. The number of halogens is 2. The number of aryl methyl sites for hydroxylation is 1. The summed E-state index contributed by atoms with van der Waals surface area (Å²) in [6.45, 7) is 5.73. The molecule has 1 saturated heterocycles. The van der Waals surface area contributed by atoms with Crippen LogP contribution in [0.3, 0.4) is 0 Å². The van der Waals surface area contributed by atoms with Crippen molar-refractivity contribution in [3.05, 3.63) is 71.9 Å². The minimum Gasteiger partial charge on any atom is -0.395 e. The van der Waals surface area contributed by atoms with Crippen LogP contribution in [-0.4, -0.2) is 63.9 Å². The normalized spacial score (nSPS) is 14.8. The molecule has 0 atom stereocenters.